The minimum atomic E-state index is -3.21. The first-order valence-corrected chi connectivity index (χ1v) is 7.94. The average Bonchev–Trinajstić information content (AvgIpc) is 2.37. The summed E-state index contributed by atoms with van der Waals surface area (Å²) in [4.78, 5) is 0.335. The second-order valence-corrected chi connectivity index (χ2v) is 6.59. The highest BCUT2D eigenvalue weighted by molar-refractivity contribution is 7.90. The Balaban J connectivity index is 2.18. The number of benzene rings is 2. The summed E-state index contributed by atoms with van der Waals surface area (Å²) in [6.07, 6.45) is 1.22. The second-order valence-electron chi connectivity index (χ2n) is 4.61. The van der Waals surface area contributed by atoms with E-state index in [9.17, 15) is 8.42 Å². The van der Waals surface area contributed by atoms with Gasteiger partial charge in [0.1, 0.15) is 0 Å². The van der Waals surface area contributed by atoms with Crippen LogP contribution >= 0.6 is 0 Å². The van der Waals surface area contributed by atoms with Crippen molar-refractivity contribution in [1.82, 2.24) is 0 Å². The molecular weight excluding hydrogens is 258 g/mol. The van der Waals surface area contributed by atoms with E-state index in [1.807, 2.05) is 37.3 Å². The molecule has 0 atom stereocenters. The maximum absolute atomic E-state index is 11.7. The van der Waals surface area contributed by atoms with Gasteiger partial charge >= 0.3 is 0 Å². The smallest absolute Gasteiger partial charge is 0.177 e. The number of aryl methyl sites for hydroxylation is 1. The van der Waals surface area contributed by atoms with Crippen LogP contribution in [0.25, 0.3) is 0 Å². The molecule has 3 nitrogen and oxygen atoms in total. The van der Waals surface area contributed by atoms with Gasteiger partial charge in [-0.2, -0.15) is 0 Å². The van der Waals surface area contributed by atoms with E-state index in [1.165, 1.54) is 11.8 Å². The van der Waals surface area contributed by atoms with E-state index in [2.05, 4.69) is 5.32 Å². The van der Waals surface area contributed by atoms with Crippen LogP contribution in [-0.2, 0) is 16.4 Å². The monoisotopic (exact) mass is 275 g/mol. The molecule has 2 aromatic rings. The zero-order valence-electron chi connectivity index (χ0n) is 11.1. The Morgan fingerprint density at radius 1 is 1.00 bits per heavy atom. The molecule has 2 rings (SSSR count). The van der Waals surface area contributed by atoms with Crippen LogP contribution in [0.1, 0.15) is 11.1 Å². The molecule has 0 heterocycles. The Kier molecular flexibility index (Phi) is 3.90. The van der Waals surface area contributed by atoms with Gasteiger partial charge in [-0.1, -0.05) is 42.0 Å². The van der Waals surface area contributed by atoms with Gasteiger partial charge < -0.3 is 5.32 Å². The molecule has 0 aromatic heterocycles. The molecule has 0 aliphatic heterocycles. The lowest BCUT2D eigenvalue weighted by molar-refractivity contribution is 0.602. The lowest BCUT2D eigenvalue weighted by atomic mass is 10.1. The molecule has 100 valence electrons. The molecule has 0 amide bonds. The van der Waals surface area contributed by atoms with Crippen LogP contribution in [-0.4, -0.2) is 14.7 Å². The number of para-hydroxylation sites is 1. The second kappa shape index (κ2) is 5.45. The molecule has 0 unspecified atom stereocenters. The predicted molar refractivity (Wildman–Crippen MR) is 78.1 cm³/mol. The van der Waals surface area contributed by atoms with Crippen molar-refractivity contribution in [2.45, 2.75) is 18.4 Å². The SMILES string of the molecule is Cc1ccc(CNc2ccccc2S(C)(=O)=O)cc1. The third-order valence-corrected chi connectivity index (χ3v) is 4.05. The van der Waals surface area contributed by atoms with E-state index in [1.54, 1.807) is 18.2 Å². The van der Waals surface area contributed by atoms with Crippen LogP contribution in [0.5, 0.6) is 0 Å². The van der Waals surface area contributed by atoms with Gasteiger partial charge in [-0.15, -0.1) is 0 Å². The number of rotatable bonds is 4. The Morgan fingerprint density at radius 2 is 1.63 bits per heavy atom. The highest BCUT2D eigenvalue weighted by Crippen LogP contribution is 2.21. The van der Waals surface area contributed by atoms with Crippen LogP contribution in [0, 0.1) is 6.92 Å². The van der Waals surface area contributed by atoms with Crippen molar-refractivity contribution in [2.24, 2.45) is 0 Å². The fraction of sp³-hybridized carbons (Fsp3) is 0.200. The van der Waals surface area contributed by atoms with Crippen molar-refractivity contribution in [3.05, 3.63) is 59.7 Å². The van der Waals surface area contributed by atoms with Gasteiger partial charge in [-0.05, 0) is 24.6 Å². The van der Waals surface area contributed by atoms with Gasteiger partial charge in [0.15, 0.2) is 9.84 Å². The standard InChI is InChI=1S/C15H17NO2S/c1-12-7-9-13(10-8-12)11-16-14-5-3-4-6-15(14)19(2,17)18/h3-10,16H,11H2,1-2H3. The first-order valence-electron chi connectivity index (χ1n) is 6.05. The Labute approximate surface area is 114 Å². The zero-order chi connectivity index (χ0) is 13.9. The molecule has 19 heavy (non-hydrogen) atoms. The summed E-state index contributed by atoms with van der Waals surface area (Å²) in [6, 6.07) is 15.1. The summed E-state index contributed by atoms with van der Waals surface area (Å²) in [6.45, 7) is 2.64. The molecule has 0 saturated heterocycles. The van der Waals surface area contributed by atoms with E-state index < -0.39 is 9.84 Å². The minimum absolute atomic E-state index is 0.335. The van der Waals surface area contributed by atoms with Gasteiger partial charge in [0.25, 0.3) is 0 Å². The molecule has 0 spiro atoms. The van der Waals surface area contributed by atoms with Crippen molar-refractivity contribution in [3.63, 3.8) is 0 Å². The number of sulfone groups is 1. The average molecular weight is 275 g/mol. The van der Waals surface area contributed by atoms with E-state index in [-0.39, 0.29) is 0 Å². The number of anilines is 1. The van der Waals surface area contributed by atoms with Crippen LogP contribution in [0.15, 0.2) is 53.4 Å². The minimum Gasteiger partial charge on any atom is -0.380 e. The molecular formula is C15H17NO2S. The number of hydrogen-bond acceptors (Lipinski definition) is 3. The molecule has 0 radical (unpaired) electrons. The number of nitrogens with one attached hydrogen (secondary N) is 1. The topological polar surface area (TPSA) is 46.2 Å². The lowest BCUT2D eigenvalue weighted by Crippen LogP contribution is -2.06. The van der Waals surface area contributed by atoms with Crippen molar-refractivity contribution in [2.75, 3.05) is 11.6 Å². The molecule has 0 fully saturated rings. The first-order chi connectivity index (χ1) is 8.97. The number of hydrogen-bond donors (Lipinski definition) is 1. The molecule has 0 bridgehead atoms. The van der Waals surface area contributed by atoms with Crippen LogP contribution in [0.2, 0.25) is 0 Å². The Bertz CT molecular complexity index is 661. The van der Waals surface area contributed by atoms with Gasteiger partial charge in [-0.3, -0.25) is 0 Å². The molecule has 4 heteroatoms. The summed E-state index contributed by atoms with van der Waals surface area (Å²) >= 11 is 0. The normalized spacial score (nSPS) is 11.3. The van der Waals surface area contributed by atoms with E-state index >= 15 is 0 Å². The Hall–Kier alpha value is -1.81. The van der Waals surface area contributed by atoms with Crippen LogP contribution in [0.3, 0.4) is 0 Å². The highest BCUT2D eigenvalue weighted by atomic mass is 32.2. The summed E-state index contributed by atoms with van der Waals surface area (Å²) in [7, 11) is -3.21. The molecule has 1 N–H and O–H groups in total. The van der Waals surface area contributed by atoms with E-state index in [0.717, 1.165) is 5.56 Å². The zero-order valence-corrected chi connectivity index (χ0v) is 11.9. The van der Waals surface area contributed by atoms with Gasteiger partial charge in [0.05, 0.1) is 10.6 Å². The van der Waals surface area contributed by atoms with Crippen LogP contribution < -0.4 is 5.32 Å². The highest BCUT2D eigenvalue weighted by Gasteiger charge is 2.11. The molecule has 0 aliphatic carbocycles. The summed E-state index contributed by atoms with van der Waals surface area (Å²) < 4.78 is 23.3. The first kappa shape index (κ1) is 13.6. The summed E-state index contributed by atoms with van der Waals surface area (Å²) in [5.41, 5.74) is 2.97. The lowest BCUT2D eigenvalue weighted by Gasteiger charge is -2.10. The van der Waals surface area contributed by atoms with Gasteiger partial charge in [0, 0.05) is 12.8 Å². The van der Waals surface area contributed by atoms with E-state index in [4.69, 9.17) is 0 Å². The third kappa shape index (κ3) is 3.58. The molecule has 0 aliphatic rings. The van der Waals surface area contributed by atoms with Crippen molar-refractivity contribution in [3.8, 4) is 0 Å². The predicted octanol–water partition coefficient (Wildman–Crippen LogP) is 3.01. The summed E-state index contributed by atoms with van der Waals surface area (Å²) in [5.74, 6) is 0. The third-order valence-electron chi connectivity index (χ3n) is 2.89. The van der Waals surface area contributed by atoms with Crippen LogP contribution in [0.4, 0.5) is 5.69 Å². The quantitative estimate of drug-likeness (QED) is 0.933. The largest absolute Gasteiger partial charge is 0.380 e. The van der Waals surface area contributed by atoms with Crippen molar-refractivity contribution in [1.29, 1.82) is 0 Å². The summed E-state index contributed by atoms with van der Waals surface area (Å²) in [5, 5.41) is 3.18. The van der Waals surface area contributed by atoms with E-state index in [0.29, 0.717) is 17.1 Å². The Morgan fingerprint density at radius 3 is 2.26 bits per heavy atom. The maximum Gasteiger partial charge on any atom is 0.177 e. The van der Waals surface area contributed by atoms with Gasteiger partial charge in [0.2, 0.25) is 0 Å². The van der Waals surface area contributed by atoms with Crippen molar-refractivity contribution < 1.29 is 8.42 Å². The molecule has 2 aromatic carbocycles. The molecule has 0 saturated carbocycles. The van der Waals surface area contributed by atoms with Crippen molar-refractivity contribution >= 4 is 15.5 Å². The fourth-order valence-corrected chi connectivity index (χ4v) is 2.70. The maximum atomic E-state index is 11.7. The fourth-order valence-electron chi connectivity index (χ4n) is 1.84. The van der Waals surface area contributed by atoms with Gasteiger partial charge in [-0.25, -0.2) is 8.42 Å².